The first kappa shape index (κ1) is 42.5. The molecule has 0 amide bonds. The van der Waals surface area contributed by atoms with Gasteiger partial charge in [0.2, 0.25) is 0 Å². The maximum absolute atomic E-state index is 12.4. The van der Waals surface area contributed by atoms with E-state index in [1.807, 2.05) is 13.8 Å². The number of carboxylic acid groups (broad SMARTS) is 4. The number of carbonyl (C=O) groups excluding carboxylic acids is 2. The van der Waals surface area contributed by atoms with Gasteiger partial charge < -0.3 is 29.9 Å². The first-order valence-corrected chi connectivity index (χ1v) is 15.9. The van der Waals surface area contributed by atoms with Crippen LogP contribution in [0, 0.1) is 25.7 Å². The predicted octanol–water partition coefficient (Wildman–Crippen LogP) is 7.65. The van der Waals surface area contributed by atoms with Crippen LogP contribution < -0.4 is 0 Å². The van der Waals surface area contributed by atoms with Gasteiger partial charge in [-0.3, -0.25) is 0 Å². The molecular formula is C38H46O12. The number of carboxylic acids is 4. The van der Waals surface area contributed by atoms with E-state index < -0.39 is 35.8 Å². The number of rotatable bonds is 12. The topological polar surface area (TPSA) is 202 Å². The van der Waals surface area contributed by atoms with Gasteiger partial charge in [-0.05, 0) is 88.8 Å². The van der Waals surface area contributed by atoms with Crippen molar-refractivity contribution in [1.82, 2.24) is 0 Å². The van der Waals surface area contributed by atoms with Crippen molar-refractivity contribution in [3.8, 4) is 0 Å². The molecule has 4 N–H and O–H groups in total. The van der Waals surface area contributed by atoms with Crippen molar-refractivity contribution >= 4 is 35.8 Å². The Hall–Kier alpha value is -5.52. The fraction of sp³-hybridized carbons (Fsp3) is 0.368. The first-order valence-electron chi connectivity index (χ1n) is 15.9. The minimum absolute atomic E-state index is 0.174. The van der Waals surface area contributed by atoms with E-state index in [0.717, 1.165) is 24.0 Å². The SMILES string of the molecule is CC(C)CC(C)OC(=O)c1ccccc1C(=O)OC(C)CC(C)C.Cc1ccc(C(=O)O)c(C(=O)O)c1.Cc1ccc(C(=O)O)c(C(=O)O)c1. The van der Waals surface area contributed by atoms with E-state index >= 15 is 0 Å². The Morgan fingerprint density at radius 1 is 0.480 bits per heavy atom. The monoisotopic (exact) mass is 694 g/mol. The van der Waals surface area contributed by atoms with E-state index in [1.165, 1.54) is 24.3 Å². The third kappa shape index (κ3) is 14.3. The molecule has 3 rings (SSSR count). The largest absolute Gasteiger partial charge is 0.478 e. The van der Waals surface area contributed by atoms with Gasteiger partial charge >= 0.3 is 35.8 Å². The highest BCUT2D eigenvalue weighted by molar-refractivity contribution is 6.04. The second-order valence-corrected chi connectivity index (χ2v) is 12.6. The molecule has 0 saturated carbocycles. The predicted molar refractivity (Wildman–Crippen MR) is 185 cm³/mol. The summed E-state index contributed by atoms with van der Waals surface area (Å²) in [5.41, 5.74) is 1.26. The third-order valence-corrected chi connectivity index (χ3v) is 6.86. The van der Waals surface area contributed by atoms with Gasteiger partial charge in [-0.2, -0.15) is 0 Å². The van der Waals surface area contributed by atoms with Gasteiger partial charge in [0.15, 0.2) is 0 Å². The second-order valence-electron chi connectivity index (χ2n) is 12.6. The average molecular weight is 695 g/mol. The summed E-state index contributed by atoms with van der Waals surface area (Å²) < 4.78 is 10.9. The summed E-state index contributed by atoms with van der Waals surface area (Å²) in [7, 11) is 0. The minimum atomic E-state index is -1.22. The van der Waals surface area contributed by atoms with Crippen molar-refractivity contribution in [2.75, 3.05) is 0 Å². The molecule has 0 aliphatic rings. The van der Waals surface area contributed by atoms with Crippen LogP contribution in [-0.4, -0.2) is 68.4 Å². The highest BCUT2D eigenvalue weighted by Gasteiger charge is 2.23. The van der Waals surface area contributed by atoms with Crippen molar-refractivity contribution in [3.05, 3.63) is 105 Å². The summed E-state index contributed by atoms with van der Waals surface area (Å²) in [4.78, 5) is 67.2. The Kier molecular flexibility index (Phi) is 17.1. The van der Waals surface area contributed by atoms with Crippen LogP contribution in [0.25, 0.3) is 0 Å². The zero-order valence-corrected chi connectivity index (χ0v) is 29.6. The number of aryl methyl sites for hydroxylation is 2. The van der Waals surface area contributed by atoms with E-state index in [-0.39, 0.29) is 45.6 Å². The molecule has 0 saturated heterocycles. The molecule has 0 bridgehead atoms. The number of esters is 2. The van der Waals surface area contributed by atoms with Crippen molar-refractivity contribution in [2.45, 2.75) is 80.4 Å². The highest BCUT2D eigenvalue weighted by atomic mass is 16.5. The van der Waals surface area contributed by atoms with E-state index in [1.54, 1.807) is 50.2 Å². The smallest absolute Gasteiger partial charge is 0.339 e. The molecule has 0 heterocycles. The molecule has 12 heteroatoms. The number of ether oxygens (including phenoxy) is 2. The zero-order valence-electron chi connectivity index (χ0n) is 29.6. The number of aromatic carboxylic acids is 4. The number of benzene rings is 3. The molecule has 2 atom stereocenters. The third-order valence-electron chi connectivity index (χ3n) is 6.86. The van der Waals surface area contributed by atoms with Crippen LogP contribution in [0.4, 0.5) is 0 Å². The lowest BCUT2D eigenvalue weighted by molar-refractivity contribution is 0.0250. The van der Waals surface area contributed by atoms with Gasteiger partial charge in [-0.25, -0.2) is 28.8 Å². The molecule has 0 fully saturated rings. The molecule has 3 aromatic rings. The Labute approximate surface area is 291 Å². The Balaban J connectivity index is 0.000000406. The van der Waals surface area contributed by atoms with E-state index in [2.05, 4.69) is 27.7 Å². The van der Waals surface area contributed by atoms with Crippen LogP contribution in [0.3, 0.4) is 0 Å². The van der Waals surface area contributed by atoms with Gasteiger partial charge in [-0.15, -0.1) is 0 Å². The van der Waals surface area contributed by atoms with Crippen LogP contribution in [0.15, 0.2) is 60.7 Å². The molecule has 0 spiro atoms. The van der Waals surface area contributed by atoms with Crippen molar-refractivity contribution in [2.24, 2.45) is 11.8 Å². The maximum Gasteiger partial charge on any atom is 0.339 e. The standard InChI is InChI=1S/C20H30O4.2C9H8O4/c1-13(2)11-15(5)23-19(21)17-9-7-8-10-18(17)20(22)24-16(6)12-14(3)4;2*1-5-2-3-6(8(10)11)7(4-5)9(12)13/h7-10,13-16H,11-12H2,1-6H3;2*2-4H,1H3,(H,10,11)(H,12,13). The molecule has 50 heavy (non-hydrogen) atoms. The van der Waals surface area contributed by atoms with Crippen molar-refractivity contribution in [1.29, 1.82) is 0 Å². The van der Waals surface area contributed by atoms with Crippen LogP contribution in [0.5, 0.6) is 0 Å². The molecule has 0 radical (unpaired) electrons. The van der Waals surface area contributed by atoms with Crippen LogP contribution in [0.1, 0.15) is 128 Å². The van der Waals surface area contributed by atoms with E-state index in [0.29, 0.717) is 11.8 Å². The molecule has 2 unspecified atom stereocenters. The lowest BCUT2D eigenvalue weighted by Crippen LogP contribution is -2.22. The minimum Gasteiger partial charge on any atom is -0.478 e. The molecule has 0 aliphatic heterocycles. The molecular weight excluding hydrogens is 648 g/mol. The summed E-state index contributed by atoms with van der Waals surface area (Å²) in [6.07, 6.45) is 1.18. The summed E-state index contributed by atoms with van der Waals surface area (Å²) in [6.45, 7) is 15.4. The fourth-order valence-corrected chi connectivity index (χ4v) is 4.80. The van der Waals surface area contributed by atoms with Crippen molar-refractivity contribution < 1.29 is 58.7 Å². The van der Waals surface area contributed by atoms with Gasteiger partial charge in [-0.1, -0.05) is 63.1 Å². The van der Waals surface area contributed by atoms with Crippen LogP contribution >= 0.6 is 0 Å². The molecule has 12 nitrogen and oxygen atoms in total. The Morgan fingerprint density at radius 2 is 0.780 bits per heavy atom. The molecule has 270 valence electrons. The first-order chi connectivity index (χ1) is 23.2. The van der Waals surface area contributed by atoms with E-state index in [4.69, 9.17) is 29.9 Å². The second kappa shape index (κ2) is 20.1. The number of hydrogen-bond donors (Lipinski definition) is 4. The van der Waals surface area contributed by atoms with Gasteiger partial charge in [0.25, 0.3) is 0 Å². The zero-order chi connectivity index (χ0) is 38.3. The lowest BCUT2D eigenvalue weighted by atomic mass is 10.0. The average Bonchev–Trinajstić information content (AvgIpc) is 3.00. The van der Waals surface area contributed by atoms with Crippen molar-refractivity contribution in [3.63, 3.8) is 0 Å². The summed E-state index contributed by atoms with van der Waals surface area (Å²) >= 11 is 0. The van der Waals surface area contributed by atoms with Gasteiger partial charge in [0.1, 0.15) is 0 Å². The van der Waals surface area contributed by atoms with Crippen LogP contribution in [-0.2, 0) is 9.47 Å². The molecule has 0 aromatic heterocycles. The molecule has 3 aromatic carbocycles. The highest BCUT2D eigenvalue weighted by Crippen LogP contribution is 2.18. The summed E-state index contributed by atoms with van der Waals surface area (Å²) in [5.74, 6) is -4.98. The summed E-state index contributed by atoms with van der Waals surface area (Å²) in [6, 6.07) is 15.0. The van der Waals surface area contributed by atoms with E-state index in [9.17, 15) is 28.8 Å². The van der Waals surface area contributed by atoms with Gasteiger partial charge in [0.05, 0.1) is 45.6 Å². The van der Waals surface area contributed by atoms with Gasteiger partial charge in [0, 0.05) is 0 Å². The Morgan fingerprint density at radius 3 is 1.04 bits per heavy atom. The fourth-order valence-electron chi connectivity index (χ4n) is 4.80. The quantitative estimate of drug-likeness (QED) is 0.135. The lowest BCUT2D eigenvalue weighted by Gasteiger charge is -2.18. The normalized spacial score (nSPS) is 11.6. The molecule has 0 aliphatic carbocycles. The van der Waals surface area contributed by atoms with Crippen LogP contribution in [0.2, 0.25) is 0 Å². The maximum atomic E-state index is 12.4. The number of hydrogen-bond acceptors (Lipinski definition) is 8. The number of carbonyl (C=O) groups is 6. The Bertz CT molecular complexity index is 1550. The summed E-state index contributed by atoms with van der Waals surface area (Å²) in [5, 5.41) is 34.6.